The third-order valence-corrected chi connectivity index (χ3v) is 7.30. The second kappa shape index (κ2) is 12.3. The molecule has 0 aliphatic carbocycles. The molecule has 10 nitrogen and oxygen atoms in total. The number of carbonyl (C=O) groups excluding carboxylic acids is 1. The number of aromatic nitrogens is 3. The van der Waals surface area contributed by atoms with Crippen molar-refractivity contribution in [3.05, 3.63) is 87.8 Å². The molecule has 3 heterocycles. The average molecular weight is 583 g/mol. The number of rotatable bonds is 8. The lowest BCUT2D eigenvalue weighted by atomic mass is 9.89. The number of hydrogen-bond acceptors (Lipinski definition) is 8. The Morgan fingerprint density at radius 1 is 1.10 bits per heavy atom. The number of hydrogen-bond donors (Lipinski definition) is 3. The highest BCUT2D eigenvalue weighted by atomic mass is 19.4. The van der Waals surface area contributed by atoms with Gasteiger partial charge in [0.25, 0.3) is 5.91 Å². The first-order chi connectivity index (χ1) is 20.2. The number of fused-ring (bicyclic) bond motifs is 1. The quantitative estimate of drug-likeness (QED) is 0.267. The number of carbonyl (C=O) groups is 1. The van der Waals surface area contributed by atoms with Crippen molar-refractivity contribution in [2.45, 2.75) is 24.9 Å². The summed E-state index contributed by atoms with van der Waals surface area (Å²) >= 11 is 0. The van der Waals surface area contributed by atoms with Gasteiger partial charge in [-0.05, 0) is 73.8 Å². The van der Waals surface area contributed by atoms with Crippen LogP contribution in [0.1, 0.15) is 40.2 Å². The van der Waals surface area contributed by atoms with Crippen molar-refractivity contribution in [3.8, 4) is 5.69 Å². The predicted molar refractivity (Wildman–Crippen MR) is 150 cm³/mol. The van der Waals surface area contributed by atoms with Crippen molar-refractivity contribution in [2.75, 3.05) is 38.7 Å². The summed E-state index contributed by atoms with van der Waals surface area (Å²) in [5.74, 6) is -0.248. The van der Waals surface area contributed by atoms with E-state index in [1.54, 1.807) is 0 Å². The van der Waals surface area contributed by atoms with Crippen molar-refractivity contribution >= 4 is 28.6 Å². The number of β-amino-alcohol motifs (C(OH)–C–C–N with tert-alkyl or cyclic N) is 1. The van der Waals surface area contributed by atoms with Gasteiger partial charge in [0.15, 0.2) is 5.65 Å². The Labute approximate surface area is 238 Å². The van der Waals surface area contributed by atoms with Gasteiger partial charge in [-0.2, -0.15) is 18.2 Å². The Kier molecular flexibility index (Phi) is 8.52. The zero-order valence-electron chi connectivity index (χ0n) is 22.7. The summed E-state index contributed by atoms with van der Waals surface area (Å²) in [6, 6.07) is 12.2. The molecule has 5 rings (SSSR count). The molecule has 3 N–H and O–H groups in total. The largest absolute Gasteiger partial charge is 0.416 e. The molecule has 1 fully saturated rings. The van der Waals surface area contributed by atoms with Gasteiger partial charge in [0.2, 0.25) is 11.4 Å². The molecular formula is C29H29F3N6O4. The molecule has 42 heavy (non-hydrogen) atoms. The maximum absolute atomic E-state index is 13.2. The fourth-order valence-electron chi connectivity index (χ4n) is 5.09. The number of aliphatic hydroxyl groups is 1. The standard InChI is InChI=1S/C29H29F3N6O4/c1-42-36-27(41)24-17-38(22-8-4-20(5-9-22)29(30,31)32)26-23(25(24)40)16-33-28(35-26)34-21-6-2-18(3-7-21)19-10-12-37(13-11-19)14-15-39/h2-9,16-17,19,39H,10-15H2,1H3,(H,36,41)(H,33,34,35). The van der Waals surface area contributed by atoms with Crippen LogP contribution in [-0.4, -0.2) is 63.8 Å². The van der Waals surface area contributed by atoms with Gasteiger partial charge in [-0.15, -0.1) is 0 Å². The molecule has 220 valence electrons. The molecular weight excluding hydrogens is 553 g/mol. The van der Waals surface area contributed by atoms with Gasteiger partial charge in [-0.1, -0.05) is 12.1 Å². The van der Waals surface area contributed by atoms with E-state index < -0.39 is 23.1 Å². The van der Waals surface area contributed by atoms with Crippen LogP contribution in [0.25, 0.3) is 16.7 Å². The number of benzene rings is 2. The number of piperidine rings is 1. The van der Waals surface area contributed by atoms with E-state index in [-0.39, 0.29) is 34.8 Å². The smallest absolute Gasteiger partial charge is 0.395 e. The maximum atomic E-state index is 13.2. The zero-order chi connectivity index (χ0) is 29.9. The molecule has 1 aliphatic rings. The first kappa shape index (κ1) is 29.2. The molecule has 1 aliphatic heterocycles. The molecule has 0 radical (unpaired) electrons. The van der Waals surface area contributed by atoms with Crippen molar-refractivity contribution in [1.82, 2.24) is 24.9 Å². The van der Waals surface area contributed by atoms with Crippen LogP contribution in [0.3, 0.4) is 0 Å². The summed E-state index contributed by atoms with van der Waals surface area (Å²) in [5, 5.41) is 12.3. The highest BCUT2D eigenvalue weighted by Crippen LogP contribution is 2.31. The topological polar surface area (TPSA) is 122 Å². The number of nitrogens with one attached hydrogen (secondary N) is 2. The summed E-state index contributed by atoms with van der Waals surface area (Å²) < 4.78 is 40.9. The third-order valence-electron chi connectivity index (χ3n) is 7.30. The van der Waals surface area contributed by atoms with Crippen LogP contribution in [0.4, 0.5) is 24.8 Å². The highest BCUT2D eigenvalue weighted by molar-refractivity contribution is 5.96. The number of alkyl halides is 3. The number of amides is 1. The van der Waals surface area contributed by atoms with Crippen molar-refractivity contribution in [2.24, 2.45) is 0 Å². The predicted octanol–water partition coefficient (Wildman–Crippen LogP) is 4.01. The van der Waals surface area contributed by atoms with Crippen LogP contribution < -0.4 is 16.2 Å². The molecule has 0 unspecified atom stereocenters. The summed E-state index contributed by atoms with van der Waals surface area (Å²) in [7, 11) is 1.21. The molecule has 1 amide bonds. The van der Waals surface area contributed by atoms with Crippen LogP contribution >= 0.6 is 0 Å². The lowest BCUT2D eigenvalue weighted by Crippen LogP contribution is -2.34. The second-order valence-corrected chi connectivity index (χ2v) is 9.94. The van der Waals surface area contributed by atoms with E-state index in [9.17, 15) is 22.8 Å². The number of hydroxylamine groups is 1. The van der Waals surface area contributed by atoms with E-state index in [0.29, 0.717) is 18.2 Å². The molecule has 0 bridgehead atoms. The third kappa shape index (κ3) is 6.27. The number of nitrogens with zero attached hydrogens (tertiary/aromatic N) is 4. The lowest BCUT2D eigenvalue weighted by Gasteiger charge is -2.31. The average Bonchev–Trinajstić information content (AvgIpc) is 2.98. The minimum atomic E-state index is -4.53. The van der Waals surface area contributed by atoms with Crippen molar-refractivity contribution in [3.63, 3.8) is 0 Å². The first-order valence-electron chi connectivity index (χ1n) is 13.3. The Hall–Kier alpha value is -4.33. The molecule has 0 atom stereocenters. The summed E-state index contributed by atoms with van der Waals surface area (Å²) in [4.78, 5) is 41.3. The summed E-state index contributed by atoms with van der Waals surface area (Å²) in [6.07, 6.45) is -0.0384. The van der Waals surface area contributed by atoms with Crippen LogP contribution in [0.2, 0.25) is 0 Å². The van der Waals surface area contributed by atoms with Crippen molar-refractivity contribution < 1.29 is 27.9 Å². The van der Waals surface area contributed by atoms with E-state index in [4.69, 9.17) is 5.11 Å². The van der Waals surface area contributed by atoms with Crippen LogP contribution in [0.15, 0.2) is 65.7 Å². The molecule has 13 heteroatoms. The molecule has 0 spiro atoms. The molecule has 2 aromatic carbocycles. The van der Waals surface area contributed by atoms with Gasteiger partial charge in [-0.25, -0.2) is 10.5 Å². The summed E-state index contributed by atoms with van der Waals surface area (Å²) in [6.45, 7) is 2.72. The van der Waals surface area contributed by atoms with E-state index in [1.165, 1.54) is 41.8 Å². The Morgan fingerprint density at radius 2 is 1.79 bits per heavy atom. The monoisotopic (exact) mass is 582 g/mol. The zero-order valence-corrected chi connectivity index (χ0v) is 22.7. The number of pyridine rings is 1. The minimum Gasteiger partial charge on any atom is -0.395 e. The normalized spacial score (nSPS) is 14.7. The van der Waals surface area contributed by atoms with E-state index in [1.807, 2.05) is 24.3 Å². The minimum absolute atomic E-state index is 0.00732. The van der Waals surface area contributed by atoms with Crippen LogP contribution in [0.5, 0.6) is 0 Å². The van der Waals surface area contributed by atoms with E-state index >= 15 is 0 Å². The van der Waals surface area contributed by atoms with Gasteiger partial charge in [0.05, 0.1) is 24.7 Å². The number of likely N-dealkylation sites (tertiary alicyclic amines) is 1. The van der Waals surface area contributed by atoms with E-state index in [2.05, 4.69) is 30.5 Å². The second-order valence-electron chi connectivity index (χ2n) is 9.94. The summed E-state index contributed by atoms with van der Waals surface area (Å²) in [5.41, 5.74) is 2.54. The van der Waals surface area contributed by atoms with Gasteiger partial charge in [0, 0.05) is 30.3 Å². The van der Waals surface area contributed by atoms with Gasteiger partial charge in [-0.3, -0.25) is 14.4 Å². The van der Waals surface area contributed by atoms with Crippen molar-refractivity contribution in [1.29, 1.82) is 0 Å². The maximum Gasteiger partial charge on any atom is 0.416 e. The molecule has 1 saturated heterocycles. The molecule has 0 saturated carbocycles. The number of halogens is 3. The van der Waals surface area contributed by atoms with E-state index in [0.717, 1.165) is 38.1 Å². The number of aliphatic hydroxyl groups excluding tert-OH is 1. The SMILES string of the molecule is CONC(=O)c1cn(-c2ccc(C(F)(F)F)cc2)c2nc(Nc3ccc(C4CCN(CCO)CC4)cc3)ncc2c1=O. The fraction of sp³-hybridized carbons (Fsp3) is 0.310. The Balaban J connectivity index is 1.46. The number of anilines is 2. The van der Waals surface area contributed by atoms with Gasteiger partial charge in [0.1, 0.15) is 5.56 Å². The lowest BCUT2D eigenvalue weighted by molar-refractivity contribution is -0.137. The fourth-order valence-corrected chi connectivity index (χ4v) is 5.09. The Bertz CT molecular complexity index is 1620. The van der Waals surface area contributed by atoms with Crippen LogP contribution in [-0.2, 0) is 11.0 Å². The molecule has 2 aromatic heterocycles. The van der Waals surface area contributed by atoms with Gasteiger partial charge >= 0.3 is 6.18 Å². The molecule has 4 aromatic rings. The van der Waals surface area contributed by atoms with Gasteiger partial charge < -0.3 is 19.9 Å². The van der Waals surface area contributed by atoms with Crippen LogP contribution in [0, 0.1) is 0 Å². The highest BCUT2D eigenvalue weighted by Gasteiger charge is 2.30. The Morgan fingerprint density at radius 3 is 2.40 bits per heavy atom. The first-order valence-corrected chi connectivity index (χ1v) is 13.3.